The number of aromatic amines is 1. The van der Waals surface area contributed by atoms with Crippen molar-refractivity contribution in [3.63, 3.8) is 0 Å². The summed E-state index contributed by atoms with van der Waals surface area (Å²) in [6.07, 6.45) is 0. The molecule has 2 aromatic carbocycles. The fraction of sp³-hybridized carbons (Fsp3) is 0.0588. The average molecular weight is 388 g/mol. The van der Waals surface area contributed by atoms with Crippen molar-refractivity contribution in [3.05, 3.63) is 74.1 Å². The molecule has 1 aromatic heterocycles. The highest BCUT2D eigenvalue weighted by molar-refractivity contribution is 14.1. The van der Waals surface area contributed by atoms with Gasteiger partial charge in [0, 0.05) is 15.2 Å². The molecule has 0 fully saturated rings. The van der Waals surface area contributed by atoms with Crippen LogP contribution in [0.3, 0.4) is 0 Å². The first-order valence-electron chi connectivity index (χ1n) is 6.56. The highest BCUT2D eigenvalue weighted by atomic mass is 127. The van der Waals surface area contributed by atoms with Crippen molar-refractivity contribution in [2.24, 2.45) is 0 Å². The summed E-state index contributed by atoms with van der Waals surface area (Å²) >= 11 is 2.30. The van der Waals surface area contributed by atoms with Crippen molar-refractivity contribution < 1.29 is 0 Å². The second kappa shape index (κ2) is 5.81. The third-order valence-electron chi connectivity index (χ3n) is 3.33. The smallest absolute Gasteiger partial charge is 0.264 e. The molecule has 4 heteroatoms. The molecule has 0 bridgehead atoms. The van der Waals surface area contributed by atoms with Gasteiger partial charge >= 0.3 is 0 Å². The SMILES string of the molecule is Cc1cc(=O)[nH]nc1-c1ccc(-c2ccc(I)cc2)cc1. The molecule has 1 N–H and O–H groups in total. The molecule has 0 aliphatic carbocycles. The zero-order chi connectivity index (χ0) is 14.8. The maximum Gasteiger partial charge on any atom is 0.264 e. The quantitative estimate of drug-likeness (QED) is 0.675. The van der Waals surface area contributed by atoms with Gasteiger partial charge in [0.1, 0.15) is 0 Å². The molecule has 3 rings (SSSR count). The van der Waals surface area contributed by atoms with Crippen molar-refractivity contribution in [2.45, 2.75) is 6.92 Å². The van der Waals surface area contributed by atoms with E-state index in [0.29, 0.717) is 0 Å². The van der Waals surface area contributed by atoms with Gasteiger partial charge in [0.25, 0.3) is 5.56 Å². The van der Waals surface area contributed by atoms with Gasteiger partial charge in [-0.3, -0.25) is 4.79 Å². The van der Waals surface area contributed by atoms with Gasteiger partial charge in [0.15, 0.2) is 0 Å². The minimum Gasteiger partial charge on any atom is -0.268 e. The van der Waals surface area contributed by atoms with Crippen LogP contribution < -0.4 is 5.56 Å². The summed E-state index contributed by atoms with van der Waals surface area (Å²) in [5, 5.41) is 6.61. The molecular weight excluding hydrogens is 375 g/mol. The van der Waals surface area contributed by atoms with Gasteiger partial charge in [-0.25, -0.2) is 5.10 Å². The lowest BCUT2D eigenvalue weighted by Crippen LogP contribution is -2.08. The predicted octanol–water partition coefficient (Wildman–Crippen LogP) is 4.02. The molecule has 21 heavy (non-hydrogen) atoms. The van der Waals surface area contributed by atoms with Crippen LogP contribution in [-0.2, 0) is 0 Å². The zero-order valence-electron chi connectivity index (χ0n) is 11.4. The van der Waals surface area contributed by atoms with Crippen LogP contribution in [0.1, 0.15) is 5.56 Å². The Morgan fingerprint density at radius 1 is 0.905 bits per heavy atom. The van der Waals surface area contributed by atoms with E-state index in [2.05, 4.69) is 69.2 Å². The van der Waals surface area contributed by atoms with Crippen molar-refractivity contribution in [3.8, 4) is 22.4 Å². The molecule has 0 spiro atoms. The molecule has 0 saturated carbocycles. The van der Waals surface area contributed by atoms with E-state index in [0.717, 1.165) is 22.4 Å². The Hall–Kier alpha value is -1.95. The van der Waals surface area contributed by atoms with Gasteiger partial charge in [0.05, 0.1) is 5.69 Å². The normalized spacial score (nSPS) is 10.6. The lowest BCUT2D eigenvalue weighted by Gasteiger charge is -2.06. The topological polar surface area (TPSA) is 45.8 Å². The van der Waals surface area contributed by atoms with Crippen LogP contribution in [0.2, 0.25) is 0 Å². The Morgan fingerprint density at radius 2 is 1.43 bits per heavy atom. The summed E-state index contributed by atoms with van der Waals surface area (Å²) in [7, 11) is 0. The van der Waals surface area contributed by atoms with E-state index in [1.165, 1.54) is 9.13 Å². The second-order valence-corrected chi connectivity index (χ2v) is 6.09. The molecule has 0 unspecified atom stereocenters. The Bertz CT molecular complexity index is 821. The van der Waals surface area contributed by atoms with Crippen molar-refractivity contribution in [2.75, 3.05) is 0 Å². The molecule has 0 radical (unpaired) electrons. The summed E-state index contributed by atoms with van der Waals surface area (Å²) in [6.45, 7) is 1.89. The molecule has 0 atom stereocenters. The fourth-order valence-corrected chi connectivity index (χ4v) is 2.61. The number of benzene rings is 2. The van der Waals surface area contributed by atoms with Gasteiger partial charge in [-0.2, -0.15) is 5.10 Å². The summed E-state index contributed by atoms with van der Waals surface area (Å²) in [5.74, 6) is 0. The second-order valence-electron chi connectivity index (χ2n) is 4.85. The first-order valence-corrected chi connectivity index (χ1v) is 7.64. The molecule has 0 amide bonds. The number of aromatic nitrogens is 2. The number of nitrogens with one attached hydrogen (secondary N) is 1. The number of hydrogen-bond donors (Lipinski definition) is 1. The standard InChI is InChI=1S/C17H13IN2O/c1-11-10-16(21)19-20-17(11)14-4-2-12(3-5-14)13-6-8-15(18)9-7-13/h2-10H,1H3,(H,19,21). The number of hydrogen-bond acceptors (Lipinski definition) is 2. The highest BCUT2D eigenvalue weighted by Gasteiger charge is 2.05. The monoisotopic (exact) mass is 388 g/mol. The number of aryl methyl sites for hydroxylation is 1. The molecule has 1 heterocycles. The third kappa shape index (κ3) is 3.05. The molecule has 0 saturated heterocycles. The van der Waals surface area contributed by atoms with Gasteiger partial charge in [-0.05, 0) is 58.3 Å². The van der Waals surface area contributed by atoms with Crippen LogP contribution in [0.5, 0.6) is 0 Å². The highest BCUT2D eigenvalue weighted by Crippen LogP contribution is 2.25. The van der Waals surface area contributed by atoms with Crippen LogP contribution in [-0.4, -0.2) is 10.2 Å². The van der Waals surface area contributed by atoms with Crippen LogP contribution in [0, 0.1) is 10.5 Å². The number of halogens is 1. The van der Waals surface area contributed by atoms with Crippen LogP contribution >= 0.6 is 22.6 Å². The molecule has 3 aromatic rings. The Morgan fingerprint density at radius 3 is 2.00 bits per heavy atom. The number of nitrogens with zero attached hydrogens (tertiary/aromatic N) is 1. The maximum absolute atomic E-state index is 11.2. The minimum absolute atomic E-state index is 0.174. The Labute approximate surface area is 136 Å². The van der Waals surface area contributed by atoms with Crippen molar-refractivity contribution in [1.29, 1.82) is 0 Å². The number of H-pyrrole nitrogens is 1. The summed E-state index contributed by atoms with van der Waals surface area (Å²) in [4.78, 5) is 11.2. The molecule has 3 nitrogen and oxygen atoms in total. The van der Waals surface area contributed by atoms with E-state index in [9.17, 15) is 4.79 Å². The Kier molecular flexibility index (Phi) is 3.88. The zero-order valence-corrected chi connectivity index (χ0v) is 13.6. The predicted molar refractivity (Wildman–Crippen MR) is 93.2 cm³/mol. The van der Waals surface area contributed by atoms with Crippen LogP contribution in [0.15, 0.2) is 59.4 Å². The van der Waals surface area contributed by atoms with Gasteiger partial charge in [-0.1, -0.05) is 36.4 Å². The number of rotatable bonds is 2. The van der Waals surface area contributed by atoms with Crippen molar-refractivity contribution in [1.82, 2.24) is 10.2 Å². The maximum atomic E-state index is 11.2. The molecular formula is C17H13IN2O. The summed E-state index contributed by atoms with van der Waals surface area (Å²) < 4.78 is 1.22. The summed E-state index contributed by atoms with van der Waals surface area (Å²) in [6, 6.07) is 18.2. The van der Waals surface area contributed by atoms with E-state index >= 15 is 0 Å². The Balaban J connectivity index is 1.97. The lowest BCUT2D eigenvalue weighted by atomic mass is 10.0. The van der Waals surface area contributed by atoms with Gasteiger partial charge < -0.3 is 0 Å². The minimum atomic E-state index is -0.174. The molecule has 0 aliphatic rings. The van der Waals surface area contributed by atoms with Crippen molar-refractivity contribution >= 4 is 22.6 Å². The summed E-state index contributed by atoms with van der Waals surface area (Å²) in [5.41, 5.74) is 4.86. The largest absolute Gasteiger partial charge is 0.268 e. The molecule has 104 valence electrons. The average Bonchev–Trinajstić information content (AvgIpc) is 2.48. The first-order chi connectivity index (χ1) is 10.1. The van der Waals surface area contributed by atoms with Crippen LogP contribution in [0.4, 0.5) is 0 Å². The third-order valence-corrected chi connectivity index (χ3v) is 4.05. The van der Waals surface area contributed by atoms with Gasteiger partial charge in [0.2, 0.25) is 0 Å². The van der Waals surface area contributed by atoms with E-state index < -0.39 is 0 Å². The van der Waals surface area contributed by atoms with E-state index in [4.69, 9.17) is 0 Å². The van der Waals surface area contributed by atoms with Gasteiger partial charge in [-0.15, -0.1) is 0 Å². The fourth-order valence-electron chi connectivity index (χ4n) is 2.25. The van der Waals surface area contributed by atoms with Crippen LogP contribution in [0.25, 0.3) is 22.4 Å². The van der Waals surface area contributed by atoms with E-state index in [1.54, 1.807) is 6.07 Å². The molecule has 0 aliphatic heterocycles. The van der Waals surface area contributed by atoms with E-state index in [-0.39, 0.29) is 5.56 Å². The first kappa shape index (κ1) is 14.0. The van der Waals surface area contributed by atoms with E-state index in [1.807, 2.05) is 19.1 Å². The lowest BCUT2D eigenvalue weighted by molar-refractivity contribution is 0.981.